The van der Waals surface area contributed by atoms with Crippen LogP contribution in [-0.4, -0.2) is 69.7 Å². The first-order valence-corrected chi connectivity index (χ1v) is 9.91. The molecule has 8 nitrogen and oxygen atoms in total. The molecule has 0 N–H and O–H groups in total. The van der Waals surface area contributed by atoms with E-state index < -0.39 is 17.5 Å². The highest BCUT2D eigenvalue weighted by Gasteiger charge is 2.32. The van der Waals surface area contributed by atoms with Gasteiger partial charge in [-0.3, -0.25) is 9.59 Å². The van der Waals surface area contributed by atoms with Crippen LogP contribution in [0.5, 0.6) is 0 Å². The summed E-state index contributed by atoms with van der Waals surface area (Å²) in [5, 5.41) is 8.56. The number of carbonyl (C=O) groups excluding carboxylic acids is 2. The number of nitrogens with zero attached hydrogens (tertiary/aromatic N) is 5. The lowest BCUT2D eigenvalue weighted by atomic mass is 9.97. The van der Waals surface area contributed by atoms with Gasteiger partial charge in [0.1, 0.15) is 24.1 Å². The average molecular weight is 419 g/mol. The Morgan fingerprint density at radius 1 is 1.17 bits per heavy atom. The second-order valence-electron chi connectivity index (χ2n) is 7.59. The Balaban J connectivity index is 1.49. The van der Waals surface area contributed by atoms with Crippen LogP contribution in [0, 0.1) is 11.6 Å². The highest BCUT2D eigenvalue weighted by molar-refractivity contribution is 5.94. The van der Waals surface area contributed by atoms with Gasteiger partial charge in [-0.05, 0) is 31.0 Å². The maximum Gasteiger partial charge on any atom is 0.257 e. The van der Waals surface area contributed by atoms with Gasteiger partial charge in [-0.2, -0.15) is 0 Å². The number of hydrogen-bond acceptors (Lipinski definition) is 5. The Labute approximate surface area is 172 Å². The van der Waals surface area contributed by atoms with Gasteiger partial charge in [0.15, 0.2) is 5.82 Å². The van der Waals surface area contributed by atoms with Crippen molar-refractivity contribution in [3.63, 3.8) is 0 Å². The SMILES string of the molecule is COCC(=O)N1CCCC(c2nnc3n2CCN(C(=O)c2cc(F)ccc2F)C3)C1. The van der Waals surface area contributed by atoms with Crippen LogP contribution in [0.25, 0.3) is 0 Å². The Kier molecular flexibility index (Phi) is 5.76. The van der Waals surface area contributed by atoms with Crippen molar-refractivity contribution in [3.05, 3.63) is 47.0 Å². The zero-order valence-electron chi connectivity index (χ0n) is 16.7. The van der Waals surface area contributed by atoms with E-state index in [4.69, 9.17) is 4.74 Å². The highest BCUT2D eigenvalue weighted by Crippen LogP contribution is 2.28. The summed E-state index contributed by atoms with van der Waals surface area (Å²) in [6.07, 6.45) is 1.76. The molecule has 1 atom stereocenters. The number of ether oxygens (including phenoxy) is 1. The molecule has 1 fully saturated rings. The van der Waals surface area contributed by atoms with E-state index >= 15 is 0 Å². The zero-order chi connectivity index (χ0) is 21.3. The maximum atomic E-state index is 14.0. The van der Waals surface area contributed by atoms with Gasteiger partial charge in [-0.25, -0.2) is 8.78 Å². The van der Waals surface area contributed by atoms with Gasteiger partial charge >= 0.3 is 0 Å². The summed E-state index contributed by atoms with van der Waals surface area (Å²) in [5.41, 5.74) is -0.289. The first kappa shape index (κ1) is 20.4. The van der Waals surface area contributed by atoms with Crippen molar-refractivity contribution in [2.75, 3.05) is 33.4 Å². The molecule has 10 heteroatoms. The summed E-state index contributed by atoms with van der Waals surface area (Å²) in [7, 11) is 1.50. The fraction of sp³-hybridized carbons (Fsp3) is 0.500. The number of halogens is 2. The fourth-order valence-electron chi connectivity index (χ4n) is 4.12. The van der Waals surface area contributed by atoms with E-state index in [9.17, 15) is 18.4 Å². The molecule has 3 heterocycles. The van der Waals surface area contributed by atoms with E-state index in [-0.39, 0.29) is 30.5 Å². The topological polar surface area (TPSA) is 80.6 Å². The van der Waals surface area contributed by atoms with Gasteiger partial charge in [0, 0.05) is 39.2 Å². The molecule has 2 aliphatic rings. The molecular formula is C20H23F2N5O3. The third kappa shape index (κ3) is 3.91. The number of methoxy groups -OCH3 is 1. The second kappa shape index (κ2) is 8.47. The van der Waals surface area contributed by atoms with Gasteiger partial charge in [0.05, 0.1) is 12.1 Å². The fourth-order valence-corrected chi connectivity index (χ4v) is 4.12. The van der Waals surface area contributed by atoms with Crippen LogP contribution < -0.4 is 0 Å². The molecule has 1 unspecified atom stereocenters. The quantitative estimate of drug-likeness (QED) is 0.752. The van der Waals surface area contributed by atoms with Crippen LogP contribution >= 0.6 is 0 Å². The van der Waals surface area contributed by atoms with Crippen molar-refractivity contribution in [2.45, 2.75) is 31.8 Å². The van der Waals surface area contributed by atoms with E-state index in [1.165, 1.54) is 12.0 Å². The Morgan fingerprint density at radius 2 is 2.00 bits per heavy atom. The van der Waals surface area contributed by atoms with Crippen molar-refractivity contribution in [1.29, 1.82) is 0 Å². The lowest BCUT2D eigenvalue weighted by molar-refractivity contribution is -0.136. The van der Waals surface area contributed by atoms with Crippen molar-refractivity contribution >= 4 is 11.8 Å². The highest BCUT2D eigenvalue weighted by atomic mass is 19.1. The summed E-state index contributed by atoms with van der Waals surface area (Å²) in [5.74, 6) is -0.579. The summed E-state index contributed by atoms with van der Waals surface area (Å²) >= 11 is 0. The molecule has 1 saturated heterocycles. The number of fused-ring (bicyclic) bond motifs is 1. The molecule has 4 rings (SSSR count). The molecule has 0 spiro atoms. The molecule has 0 radical (unpaired) electrons. The number of rotatable bonds is 4. The minimum Gasteiger partial charge on any atom is -0.375 e. The summed E-state index contributed by atoms with van der Waals surface area (Å²) in [6, 6.07) is 2.85. The van der Waals surface area contributed by atoms with Crippen LogP contribution in [0.2, 0.25) is 0 Å². The standard InChI is InChI=1S/C20H23F2N5O3/c1-30-12-18(28)25-6-2-3-13(10-25)19-24-23-17-11-26(7-8-27(17)19)20(29)15-9-14(21)4-5-16(15)22/h4-5,9,13H,2-3,6-8,10-12H2,1H3. The van der Waals surface area contributed by atoms with Gasteiger partial charge in [0.25, 0.3) is 5.91 Å². The third-order valence-corrected chi connectivity index (χ3v) is 5.63. The lowest BCUT2D eigenvalue weighted by Gasteiger charge is -2.33. The normalized spacial score (nSPS) is 19.0. The van der Waals surface area contributed by atoms with Gasteiger partial charge in [0.2, 0.25) is 5.91 Å². The summed E-state index contributed by atoms with van der Waals surface area (Å²) in [6.45, 7) is 2.27. The molecule has 2 aliphatic heterocycles. The van der Waals surface area contributed by atoms with Crippen molar-refractivity contribution < 1.29 is 23.1 Å². The van der Waals surface area contributed by atoms with Crippen LogP contribution in [0.15, 0.2) is 18.2 Å². The molecule has 1 aromatic heterocycles. The Hall–Kier alpha value is -2.88. The molecular weight excluding hydrogens is 396 g/mol. The molecule has 2 aromatic rings. The molecule has 1 aromatic carbocycles. The van der Waals surface area contributed by atoms with Crippen molar-refractivity contribution in [1.82, 2.24) is 24.6 Å². The second-order valence-corrected chi connectivity index (χ2v) is 7.59. The van der Waals surface area contributed by atoms with Crippen LogP contribution in [-0.2, 0) is 22.6 Å². The number of hydrogen-bond donors (Lipinski definition) is 0. The minimum atomic E-state index is -0.753. The van der Waals surface area contributed by atoms with E-state index in [1.54, 1.807) is 4.90 Å². The number of likely N-dealkylation sites (tertiary alicyclic amines) is 1. The number of carbonyl (C=O) groups is 2. The first-order valence-electron chi connectivity index (χ1n) is 9.91. The number of benzene rings is 1. The molecule has 0 aliphatic carbocycles. The summed E-state index contributed by atoms with van der Waals surface area (Å²) in [4.78, 5) is 28.1. The van der Waals surface area contributed by atoms with Crippen LogP contribution in [0.4, 0.5) is 8.78 Å². The third-order valence-electron chi connectivity index (χ3n) is 5.63. The molecule has 0 bridgehead atoms. The van der Waals surface area contributed by atoms with E-state index in [0.29, 0.717) is 32.0 Å². The van der Waals surface area contributed by atoms with Crippen LogP contribution in [0.1, 0.15) is 40.8 Å². The number of piperidine rings is 1. The van der Waals surface area contributed by atoms with Gasteiger partial charge in [-0.1, -0.05) is 0 Å². The number of aromatic nitrogens is 3. The van der Waals surface area contributed by atoms with E-state index in [0.717, 1.165) is 36.9 Å². The van der Waals surface area contributed by atoms with Crippen molar-refractivity contribution in [2.24, 2.45) is 0 Å². The summed E-state index contributed by atoms with van der Waals surface area (Å²) < 4.78 is 34.4. The predicted octanol–water partition coefficient (Wildman–Crippen LogP) is 1.56. The largest absolute Gasteiger partial charge is 0.375 e. The van der Waals surface area contributed by atoms with E-state index in [1.807, 2.05) is 4.57 Å². The van der Waals surface area contributed by atoms with Gasteiger partial charge < -0.3 is 19.1 Å². The number of amides is 2. The minimum absolute atomic E-state index is 0.0468. The zero-order valence-corrected chi connectivity index (χ0v) is 16.7. The smallest absolute Gasteiger partial charge is 0.257 e. The van der Waals surface area contributed by atoms with Crippen molar-refractivity contribution in [3.8, 4) is 0 Å². The molecule has 0 saturated carbocycles. The Morgan fingerprint density at radius 3 is 2.80 bits per heavy atom. The molecule has 160 valence electrons. The van der Waals surface area contributed by atoms with E-state index in [2.05, 4.69) is 10.2 Å². The first-order chi connectivity index (χ1) is 14.5. The molecule has 30 heavy (non-hydrogen) atoms. The van der Waals surface area contributed by atoms with Crippen LogP contribution in [0.3, 0.4) is 0 Å². The predicted molar refractivity (Wildman–Crippen MR) is 102 cm³/mol. The molecule has 2 amide bonds. The van der Waals surface area contributed by atoms with Gasteiger partial charge in [-0.15, -0.1) is 10.2 Å². The monoisotopic (exact) mass is 419 g/mol. The maximum absolute atomic E-state index is 14.0. The average Bonchev–Trinajstić information content (AvgIpc) is 3.18. The lowest BCUT2D eigenvalue weighted by Crippen LogP contribution is -2.42. The Bertz CT molecular complexity index is 964.